The van der Waals surface area contributed by atoms with Crippen molar-refractivity contribution in [2.45, 2.75) is 63.7 Å². The molecule has 3 aromatic carbocycles. The summed E-state index contributed by atoms with van der Waals surface area (Å²) < 4.78 is 79.4. The molecule has 356 valence electrons. The van der Waals surface area contributed by atoms with Gasteiger partial charge in [-0.3, -0.25) is 29.2 Å². The SMILES string of the molecule is O=C1CCC(N2Cc3cc(N4CCC(COCC5CCN(c6ccc(-c7cnc8[nH]cc(C(=O)c9c(F)ccc(NS(=O)(=O)N%10CC[C@@H](F)C%10)c9F)c8c7)cc6)CC5)CC4)ccc3C2=O)C(=O)N1. The Kier molecular flexibility index (Phi) is 12.5. The van der Waals surface area contributed by atoms with E-state index in [1.54, 1.807) is 17.2 Å². The molecule has 10 rings (SSSR count). The van der Waals surface area contributed by atoms with E-state index >= 15 is 8.78 Å². The lowest BCUT2D eigenvalue weighted by molar-refractivity contribution is -0.136. The number of aromatic amines is 1. The van der Waals surface area contributed by atoms with Gasteiger partial charge in [-0.15, -0.1) is 0 Å². The highest BCUT2D eigenvalue weighted by atomic mass is 32.2. The minimum absolute atomic E-state index is 0.00329. The number of H-pyrrole nitrogens is 1. The van der Waals surface area contributed by atoms with Crippen LogP contribution in [0.4, 0.5) is 30.2 Å². The average Bonchev–Trinajstić information content (AvgIpc) is 4.07. The molecule has 19 heteroatoms. The number of fused-ring (bicyclic) bond motifs is 2. The van der Waals surface area contributed by atoms with Crippen molar-refractivity contribution in [2.75, 3.05) is 67.0 Å². The maximum atomic E-state index is 15.8. The molecule has 2 atom stereocenters. The first kappa shape index (κ1) is 45.5. The van der Waals surface area contributed by atoms with E-state index in [0.29, 0.717) is 47.0 Å². The Hall–Kier alpha value is -6.31. The third kappa shape index (κ3) is 9.05. The molecule has 3 N–H and O–H groups in total. The fourth-order valence-electron chi connectivity index (χ4n) is 10.2. The fourth-order valence-corrected chi connectivity index (χ4v) is 11.4. The van der Waals surface area contributed by atoms with Crippen molar-refractivity contribution < 1.29 is 45.5 Å². The Balaban J connectivity index is 0.694. The van der Waals surface area contributed by atoms with Gasteiger partial charge in [0, 0.05) is 111 Å². The molecular formula is C49H51F3N8O7S. The van der Waals surface area contributed by atoms with Crippen molar-refractivity contribution in [3.05, 3.63) is 107 Å². The quantitative estimate of drug-likeness (QED) is 0.0891. The van der Waals surface area contributed by atoms with Crippen LogP contribution in [0.3, 0.4) is 0 Å². The molecule has 7 heterocycles. The van der Waals surface area contributed by atoms with E-state index in [0.717, 1.165) is 104 Å². The number of hydrogen-bond acceptors (Lipinski definition) is 10. The van der Waals surface area contributed by atoms with Gasteiger partial charge in [-0.1, -0.05) is 12.1 Å². The highest BCUT2D eigenvalue weighted by molar-refractivity contribution is 7.90. The van der Waals surface area contributed by atoms with Crippen molar-refractivity contribution in [1.29, 1.82) is 0 Å². The zero-order valence-corrected chi connectivity index (χ0v) is 38.0. The van der Waals surface area contributed by atoms with Crippen molar-refractivity contribution in [1.82, 2.24) is 24.5 Å². The number of pyridine rings is 1. The number of ether oxygens (including phenoxy) is 1. The van der Waals surface area contributed by atoms with Gasteiger partial charge in [-0.25, -0.2) is 18.2 Å². The highest BCUT2D eigenvalue weighted by Crippen LogP contribution is 2.35. The standard InChI is InChI=1S/C49H51F3N8O7S/c50-34-15-20-59(26-34)68(65,66)56-41-8-7-40(51)44(45(41)52)46(62)39-24-54-47-38(39)22-32(23-53-47)31-1-3-35(4-2-31)57-16-11-29(12-17-57)27-67-28-30-13-18-58(19-14-30)36-5-6-37-33(21-36)25-60(49(37)64)42-9-10-43(61)55-48(42)63/h1-8,21-24,29-30,34,42,56H,9-20,25-28H2,(H,53,54)(H,55,61,63)/t34-,42?/m1/s1. The number of anilines is 3. The van der Waals surface area contributed by atoms with Crippen molar-refractivity contribution in [2.24, 2.45) is 11.8 Å². The number of nitrogens with one attached hydrogen (secondary N) is 3. The summed E-state index contributed by atoms with van der Waals surface area (Å²) >= 11 is 0. The smallest absolute Gasteiger partial charge is 0.301 e. The molecule has 4 saturated heterocycles. The molecule has 3 amide bonds. The van der Waals surface area contributed by atoms with Crippen molar-refractivity contribution in [3.63, 3.8) is 0 Å². The zero-order valence-electron chi connectivity index (χ0n) is 37.2. The molecule has 5 aromatic rings. The summed E-state index contributed by atoms with van der Waals surface area (Å²) in [5.74, 6) is -3.49. The molecule has 5 aliphatic rings. The number of hydrogen-bond donors (Lipinski definition) is 3. The van der Waals surface area contributed by atoms with Gasteiger partial charge in [0.05, 0.1) is 11.3 Å². The predicted molar refractivity (Wildman–Crippen MR) is 248 cm³/mol. The van der Waals surface area contributed by atoms with E-state index in [-0.39, 0.29) is 43.3 Å². The Morgan fingerprint density at radius 3 is 2.19 bits per heavy atom. The van der Waals surface area contributed by atoms with Gasteiger partial charge in [-0.05, 0) is 110 Å². The summed E-state index contributed by atoms with van der Waals surface area (Å²) in [5.41, 5.74) is 3.90. The van der Waals surface area contributed by atoms with Gasteiger partial charge in [0.25, 0.3) is 5.91 Å². The highest BCUT2D eigenvalue weighted by Gasteiger charge is 2.40. The Morgan fingerprint density at radius 2 is 1.51 bits per heavy atom. The van der Waals surface area contributed by atoms with Gasteiger partial charge >= 0.3 is 10.2 Å². The fraction of sp³-hybridized carbons (Fsp3) is 0.408. The molecule has 0 bridgehead atoms. The van der Waals surface area contributed by atoms with Gasteiger partial charge in [-0.2, -0.15) is 12.7 Å². The van der Waals surface area contributed by atoms with Crippen LogP contribution >= 0.6 is 0 Å². The molecule has 68 heavy (non-hydrogen) atoms. The summed E-state index contributed by atoms with van der Waals surface area (Å²) in [6, 6.07) is 16.7. The van der Waals surface area contributed by atoms with Gasteiger partial charge in [0.15, 0.2) is 5.82 Å². The van der Waals surface area contributed by atoms with Gasteiger partial charge < -0.3 is 24.4 Å². The van der Waals surface area contributed by atoms with Crippen LogP contribution in [0.25, 0.3) is 22.2 Å². The molecule has 15 nitrogen and oxygen atoms in total. The third-order valence-electron chi connectivity index (χ3n) is 14.1. The first-order chi connectivity index (χ1) is 32.8. The lowest BCUT2D eigenvalue weighted by Gasteiger charge is -2.35. The second-order valence-corrected chi connectivity index (χ2v) is 20.1. The number of aromatic nitrogens is 2. The number of piperidine rings is 3. The number of amides is 3. The van der Waals surface area contributed by atoms with Crippen molar-refractivity contribution in [3.8, 4) is 11.1 Å². The summed E-state index contributed by atoms with van der Waals surface area (Å²) in [6.45, 7) is 4.89. The second kappa shape index (κ2) is 18.6. The number of imide groups is 1. The zero-order chi connectivity index (χ0) is 47.3. The van der Waals surface area contributed by atoms with Crippen LogP contribution in [-0.2, 0) is 31.1 Å². The minimum atomic E-state index is -4.36. The number of carbonyl (C=O) groups excluding carboxylic acids is 4. The van der Waals surface area contributed by atoms with Crippen LogP contribution < -0.4 is 19.8 Å². The molecule has 0 saturated carbocycles. The summed E-state index contributed by atoms with van der Waals surface area (Å²) in [5, 5.41) is 2.69. The Labute approximate surface area is 391 Å². The lowest BCUT2D eigenvalue weighted by atomic mass is 9.95. The molecule has 5 aliphatic heterocycles. The molecule has 0 radical (unpaired) electrons. The Morgan fingerprint density at radius 1 is 0.824 bits per heavy atom. The number of nitrogens with zero attached hydrogens (tertiary/aromatic N) is 5. The van der Waals surface area contributed by atoms with Crippen molar-refractivity contribution >= 4 is 61.8 Å². The van der Waals surface area contributed by atoms with Crippen LogP contribution in [0.1, 0.15) is 76.8 Å². The maximum Gasteiger partial charge on any atom is 0.301 e. The number of carbonyl (C=O) groups is 4. The second-order valence-electron chi connectivity index (χ2n) is 18.5. The maximum absolute atomic E-state index is 15.8. The number of ketones is 1. The largest absolute Gasteiger partial charge is 0.381 e. The minimum Gasteiger partial charge on any atom is -0.381 e. The molecular weight excluding hydrogens is 902 g/mol. The molecule has 4 fully saturated rings. The predicted octanol–water partition coefficient (Wildman–Crippen LogP) is 6.35. The van der Waals surface area contributed by atoms with Crippen LogP contribution in [0.15, 0.2) is 73.1 Å². The van der Waals surface area contributed by atoms with E-state index in [9.17, 15) is 32.0 Å². The van der Waals surface area contributed by atoms with E-state index in [2.05, 4.69) is 31.2 Å². The van der Waals surface area contributed by atoms with Crippen LogP contribution in [0, 0.1) is 23.5 Å². The lowest BCUT2D eigenvalue weighted by Crippen LogP contribution is -2.52. The average molecular weight is 953 g/mol. The van der Waals surface area contributed by atoms with E-state index < -0.39 is 57.0 Å². The molecule has 0 aliphatic carbocycles. The number of halogens is 3. The van der Waals surface area contributed by atoms with Crippen LogP contribution in [0.5, 0.6) is 0 Å². The summed E-state index contributed by atoms with van der Waals surface area (Å²) in [6.07, 6.45) is 6.21. The van der Waals surface area contributed by atoms with Gasteiger partial charge in [0.1, 0.15) is 23.7 Å². The number of rotatable bonds is 13. The van der Waals surface area contributed by atoms with Crippen LogP contribution in [0.2, 0.25) is 0 Å². The third-order valence-corrected chi connectivity index (χ3v) is 15.6. The molecule has 1 unspecified atom stereocenters. The monoisotopic (exact) mass is 952 g/mol. The first-order valence-corrected chi connectivity index (χ1v) is 24.6. The topological polar surface area (TPSA) is 177 Å². The number of alkyl halides is 1. The van der Waals surface area contributed by atoms with E-state index in [4.69, 9.17) is 4.74 Å². The van der Waals surface area contributed by atoms with E-state index in [1.807, 2.05) is 41.1 Å². The summed E-state index contributed by atoms with van der Waals surface area (Å²) in [4.78, 5) is 64.6. The van der Waals surface area contributed by atoms with E-state index in [1.165, 1.54) is 6.20 Å². The van der Waals surface area contributed by atoms with Crippen LogP contribution in [-0.4, -0.2) is 116 Å². The molecule has 2 aromatic heterocycles. The number of benzene rings is 3. The Bertz CT molecular complexity index is 2900. The van der Waals surface area contributed by atoms with Gasteiger partial charge in [0.2, 0.25) is 17.6 Å². The summed E-state index contributed by atoms with van der Waals surface area (Å²) in [7, 11) is -4.36. The first-order valence-electron chi connectivity index (χ1n) is 23.2. The normalized spacial score (nSPS) is 20.9. The molecule has 0 spiro atoms.